The van der Waals surface area contributed by atoms with Crippen LogP contribution in [0.25, 0.3) is 0 Å². The van der Waals surface area contributed by atoms with Crippen molar-refractivity contribution in [3.63, 3.8) is 0 Å². The largest absolute Gasteiger partial charge is 0.467 e. The van der Waals surface area contributed by atoms with E-state index in [2.05, 4.69) is 5.10 Å². The first-order valence-corrected chi connectivity index (χ1v) is 10.5. The fourth-order valence-corrected chi connectivity index (χ4v) is 4.60. The third-order valence-corrected chi connectivity index (χ3v) is 6.31. The first-order chi connectivity index (χ1) is 15.0. The van der Waals surface area contributed by atoms with Gasteiger partial charge in [-0.1, -0.05) is 42.0 Å². The maximum absolute atomic E-state index is 13.3. The molecule has 2 aliphatic heterocycles. The van der Waals surface area contributed by atoms with Crippen LogP contribution < -0.4 is 0 Å². The minimum Gasteiger partial charge on any atom is -0.467 e. The highest BCUT2D eigenvalue weighted by Gasteiger charge is 2.48. The van der Waals surface area contributed by atoms with Gasteiger partial charge in [0.2, 0.25) is 11.8 Å². The summed E-state index contributed by atoms with van der Waals surface area (Å²) in [5, 5.41) is 5.96. The van der Waals surface area contributed by atoms with Gasteiger partial charge in [-0.05, 0) is 37.5 Å². The van der Waals surface area contributed by atoms with Crippen LogP contribution in [0.15, 0.2) is 64.3 Å². The minimum atomic E-state index is -0.407. The van der Waals surface area contributed by atoms with Crippen molar-refractivity contribution in [2.24, 2.45) is 16.9 Å². The van der Waals surface area contributed by atoms with Gasteiger partial charge in [0.15, 0.2) is 0 Å². The van der Waals surface area contributed by atoms with Crippen LogP contribution in [-0.4, -0.2) is 39.9 Å². The summed E-state index contributed by atoms with van der Waals surface area (Å²) in [7, 11) is 0. The van der Waals surface area contributed by atoms with Gasteiger partial charge in [0.05, 0.1) is 23.8 Å². The average Bonchev–Trinajstić information content (AvgIpc) is 3.51. The number of likely N-dealkylation sites (tertiary alicyclic amines) is 1. The molecule has 0 spiro atoms. The van der Waals surface area contributed by atoms with Gasteiger partial charge in [-0.2, -0.15) is 5.10 Å². The molecule has 1 aromatic heterocycles. The van der Waals surface area contributed by atoms with Gasteiger partial charge in [0.1, 0.15) is 18.3 Å². The van der Waals surface area contributed by atoms with Crippen LogP contribution in [-0.2, 0) is 14.4 Å². The maximum atomic E-state index is 13.3. The van der Waals surface area contributed by atoms with Gasteiger partial charge < -0.3 is 4.42 Å². The second kappa shape index (κ2) is 7.65. The molecule has 3 atom stereocenters. The second-order valence-electron chi connectivity index (χ2n) is 8.30. The number of imide groups is 1. The molecule has 158 valence electrons. The van der Waals surface area contributed by atoms with Crippen molar-refractivity contribution in [2.45, 2.75) is 32.2 Å². The van der Waals surface area contributed by atoms with E-state index < -0.39 is 11.9 Å². The third kappa shape index (κ3) is 3.40. The molecule has 1 fully saturated rings. The van der Waals surface area contributed by atoms with Gasteiger partial charge >= 0.3 is 0 Å². The lowest BCUT2D eigenvalue weighted by molar-refractivity contribution is -0.147. The number of nitrogens with zero attached hydrogens (tertiary/aromatic N) is 3. The predicted molar refractivity (Wildman–Crippen MR) is 113 cm³/mol. The van der Waals surface area contributed by atoms with E-state index in [0.717, 1.165) is 21.7 Å². The van der Waals surface area contributed by atoms with E-state index in [9.17, 15) is 14.4 Å². The molecule has 7 nitrogen and oxygen atoms in total. The van der Waals surface area contributed by atoms with E-state index in [1.807, 2.05) is 49.4 Å². The molecule has 1 aliphatic carbocycles. The zero-order valence-corrected chi connectivity index (χ0v) is 17.2. The molecule has 1 aromatic carbocycles. The normalized spacial score (nSPS) is 25.2. The molecule has 1 saturated heterocycles. The fourth-order valence-electron chi connectivity index (χ4n) is 4.60. The number of hydrogen-bond acceptors (Lipinski definition) is 5. The van der Waals surface area contributed by atoms with Crippen LogP contribution in [0, 0.1) is 18.8 Å². The first kappa shape index (κ1) is 19.5. The molecule has 0 radical (unpaired) electrons. The number of rotatable bonds is 4. The van der Waals surface area contributed by atoms with Crippen molar-refractivity contribution in [1.82, 2.24) is 9.91 Å². The van der Waals surface area contributed by atoms with E-state index in [1.54, 1.807) is 12.3 Å². The van der Waals surface area contributed by atoms with Gasteiger partial charge in [-0.15, -0.1) is 0 Å². The summed E-state index contributed by atoms with van der Waals surface area (Å²) in [6.45, 7) is 1.71. The summed E-state index contributed by atoms with van der Waals surface area (Å²) in [6, 6.07) is 11.1. The molecule has 0 N–H and O–H groups in total. The molecule has 0 saturated carbocycles. The molecule has 31 heavy (non-hydrogen) atoms. The third-order valence-electron chi connectivity index (χ3n) is 6.31. The summed E-state index contributed by atoms with van der Waals surface area (Å²) in [5.41, 5.74) is 2.84. The quantitative estimate of drug-likeness (QED) is 0.565. The number of amides is 3. The molecular weight excluding hydrogens is 394 g/mol. The van der Waals surface area contributed by atoms with Crippen LogP contribution in [0.3, 0.4) is 0 Å². The summed E-state index contributed by atoms with van der Waals surface area (Å²) < 4.78 is 5.57. The molecule has 0 unspecified atom stereocenters. The van der Waals surface area contributed by atoms with E-state index in [4.69, 9.17) is 4.42 Å². The Morgan fingerprint density at radius 1 is 1.06 bits per heavy atom. The molecule has 7 heteroatoms. The summed E-state index contributed by atoms with van der Waals surface area (Å²) in [6.07, 6.45) is 7.03. The highest BCUT2D eigenvalue weighted by molar-refractivity contribution is 6.08. The Morgan fingerprint density at radius 2 is 1.74 bits per heavy atom. The molecule has 3 amide bonds. The summed E-state index contributed by atoms with van der Waals surface area (Å²) in [4.78, 5) is 39.9. The number of furan rings is 1. The lowest BCUT2D eigenvalue weighted by Gasteiger charge is -2.22. The van der Waals surface area contributed by atoms with Crippen molar-refractivity contribution in [3.8, 4) is 0 Å². The highest BCUT2D eigenvalue weighted by Crippen LogP contribution is 2.36. The van der Waals surface area contributed by atoms with E-state index in [0.29, 0.717) is 25.0 Å². The molecule has 5 rings (SSSR count). The number of benzene rings is 1. The predicted octanol–water partition coefficient (Wildman–Crippen LogP) is 3.22. The SMILES string of the molecule is Cc1ccc(C2=NN(C(=O)CN3C(=O)[C@H]4CC=CC[C@H]4C3=O)[C@@H](c3ccco3)C2)cc1. The van der Waals surface area contributed by atoms with Gasteiger partial charge in [0.25, 0.3) is 5.91 Å². The number of hydrogen-bond donors (Lipinski definition) is 0. The Kier molecular flexibility index (Phi) is 4.81. The Hall–Kier alpha value is -3.48. The smallest absolute Gasteiger partial charge is 0.263 e. The Balaban J connectivity index is 1.40. The lowest BCUT2D eigenvalue weighted by Crippen LogP contribution is -2.41. The molecule has 3 heterocycles. The van der Waals surface area contributed by atoms with Gasteiger partial charge in [-0.3, -0.25) is 19.3 Å². The van der Waals surface area contributed by atoms with Gasteiger partial charge in [-0.25, -0.2) is 5.01 Å². The number of hydrazone groups is 1. The monoisotopic (exact) mass is 417 g/mol. The molecule has 2 aromatic rings. The molecule has 3 aliphatic rings. The minimum absolute atomic E-state index is 0.260. The van der Waals surface area contributed by atoms with Crippen LogP contribution >= 0.6 is 0 Å². The molecule has 0 bridgehead atoms. The topological polar surface area (TPSA) is 83.2 Å². The number of fused-ring (bicyclic) bond motifs is 1. The van der Waals surface area contributed by atoms with Crippen molar-refractivity contribution in [1.29, 1.82) is 0 Å². The standard InChI is InChI=1S/C24H23N3O4/c1-15-8-10-16(11-9-15)19-13-20(21-7-4-12-31-21)27(25-19)22(28)14-26-23(29)17-5-2-3-6-18(17)24(26)30/h2-4,7-12,17-18,20H,5-6,13-14H2,1H3/t17-,18+,20-/m1/s1. The zero-order valence-electron chi connectivity index (χ0n) is 17.2. The van der Waals surface area contributed by atoms with Crippen LogP contribution in [0.2, 0.25) is 0 Å². The van der Waals surface area contributed by atoms with Crippen molar-refractivity contribution in [2.75, 3.05) is 6.54 Å². The fraction of sp³-hybridized carbons (Fsp3) is 0.333. The Morgan fingerprint density at radius 3 is 2.35 bits per heavy atom. The van der Waals surface area contributed by atoms with Gasteiger partial charge in [0, 0.05) is 6.42 Å². The van der Waals surface area contributed by atoms with E-state index in [1.165, 1.54) is 5.01 Å². The Bertz CT molecular complexity index is 1060. The summed E-state index contributed by atoms with van der Waals surface area (Å²) in [5.74, 6) is -0.992. The van der Waals surface area contributed by atoms with E-state index in [-0.39, 0.29) is 30.2 Å². The first-order valence-electron chi connectivity index (χ1n) is 10.5. The van der Waals surface area contributed by atoms with Crippen molar-refractivity contribution >= 4 is 23.4 Å². The van der Waals surface area contributed by atoms with Crippen molar-refractivity contribution in [3.05, 3.63) is 71.7 Å². The number of carbonyl (C=O) groups is 3. The zero-order chi connectivity index (χ0) is 21.5. The average molecular weight is 417 g/mol. The maximum Gasteiger partial charge on any atom is 0.263 e. The lowest BCUT2D eigenvalue weighted by atomic mass is 9.85. The number of aryl methyl sites for hydroxylation is 1. The highest BCUT2D eigenvalue weighted by atomic mass is 16.3. The Labute approximate surface area is 180 Å². The summed E-state index contributed by atoms with van der Waals surface area (Å²) >= 11 is 0. The van der Waals surface area contributed by atoms with Crippen molar-refractivity contribution < 1.29 is 18.8 Å². The second-order valence-corrected chi connectivity index (χ2v) is 8.30. The molecular formula is C24H23N3O4. The van der Waals surface area contributed by atoms with Crippen LogP contribution in [0.1, 0.15) is 42.2 Å². The van der Waals surface area contributed by atoms with E-state index >= 15 is 0 Å². The number of allylic oxidation sites excluding steroid dienone is 2. The van der Waals surface area contributed by atoms with Crippen LogP contribution in [0.5, 0.6) is 0 Å². The van der Waals surface area contributed by atoms with Crippen LogP contribution in [0.4, 0.5) is 0 Å². The number of carbonyl (C=O) groups excluding carboxylic acids is 3.